The zero-order valence-corrected chi connectivity index (χ0v) is 42.5. The summed E-state index contributed by atoms with van der Waals surface area (Å²) < 4.78 is 49.5. The summed E-state index contributed by atoms with van der Waals surface area (Å²) in [5, 5.41) is 16.1. The molecule has 0 bridgehead atoms. The minimum Gasteiger partial charge on any atom is -0.460 e. The molecule has 0 spiro atoms. The van der Waals surface area contributed by atoms with E-state index in [1.165, 1.54) is 37.8 Å². The molecule has 1 rings (SSSR count). The average Bonchev–Trinajstić information content (AvgIpc) is 3.28. The van der Waals surface area contributed by atoms with Gasteiger partial charge >= 0.3 is 34.3 Å². The Morgan fingerprint density at radius 3 is 2.24 bits per heavy atom. The van der Waals surface area contributed by atoms with Crippen molar-refractivity contribution in [1.29, 1.82) is 0 Å². The maximum atomic E-state index is 14.1. The molecule has 0 aliphatic carbocycles. The Balaban J connectivity index is 3.66. The number of methoxy groups -OCH3 is 1. The van der Waals surface area contributed by atoms with Crippen LogP contribution in [0.3, 0.4) is 0 Å². The van der Waals surface area contributed by atoms with Crippen LogP contribution < -0.4 is 47.7 Å². The number of carbonyl (C=O) groups is 9. The fourth-order valence-electron chi connectivity index (χ4n) is 6.18. The molecule has 0 aromatic rings. The second-order valence-corrected chi connectivity index (χ2v) is 18.6. The standard InChI is InChI=1S/C46H73N9O15S/c1-9-18-32-42(61)54-33(21-17-24-48-45(64)55-71(65,66)67)40(59)49-27-38(57)53-34(26-51-44(47)63)41(60)50-28-39(58)70-36(25-31(68-8)20-16-14-12-10-11-13-15-19-29(2)3)46(6,7)43(62)69-35(30(4)5)22-23-37(56)52-32/h11-14,16,18,20,22-23,29-31,33-36H,9-10,15,17,19,21,24-28H2,1-8H3,(H,49,59)(H,50,60)(H,52,56)(H,53,57)(H,54,61)(H3,47,51,63)(H2,48,55,64)(H,65,66,67)/b13-11-,14-12+,20-16+,23-22+,32-18+/t31-,33+,34-,35+,36-/m0/s1. The number of hydrogen-bond acceptors (Lipinski definition) is 14. The Bertz CT molecular complexity index is 2100. The van der Waals surface area contributed by atoms with Crippen molar-refractivity contribution in [2.75, 3.05) is 33.3 Å². The van der Waals surface area contributed by atoms with Crippen LogP contribution in [0.25, 0.3) is 0 Å². The van der Waals surface area contributed by atoms with Crippen LogP contribution in [0, 0.1) is 17.3 Å². The third-order valence-corrected chi connectivity index (χ3v) is 10.7. The monoisotopic (exact) mass is 1020 g/mol. The first-order chi connectivity index (χ1) is 33.3. The van der Waals surface area contributed by atoms with Crippen LogP contribution in [0.4, 0.5) is 9.59 Å². The molecule has 11 N–H and O–H groups in total. The minimum atomic E-state index is -4.88. The lowest BCUT2D eigenvalue weighted by Crippen LogP contribution is -2.56. The predicted molar refractivity (Wildman–Crippen MR) is 260 cm³/mol. The van der Waals surface area contributed by atoms with Gasteiger partial charge in [0.25, 0.3) is 5.91 Å². The summed E-state index contributed by atoms with van der Waals surface area (Å²) in [5.74, 6) is -6.42. The molecule has 0 saturated carbocycles. The molecule has 398 valence electrons. The van der Waals surface area contributed by atoms with Crippen LogP contribution in [0.15, 0.2) is 60.4 Å². The topological polar surface area (TPSA) is 358 Å². The normalized spacial score (nSPS) is 22.2. The lowest BCUT2D eigenvalue weighted by atomic mass is 9.83. The van der Waals surface area contributed by atoms with E-state index >= 15 is 0 Å². The first-order valence-electron chi connectivity index (χ1n) is 23.1. The Hall–Kier alpha value is -6.60. The summed E-state index contributed by atoms with van der Waals surface area (Å²) in [6.45, 7) is 9.91. The van der Waals surface area contributed by atoms with Gasteiger partial charge in [-0.05, 0) is 70.3 Å². The molecular formula is C46H73N9O15S. The highest BCUT2D eigenvalue weighted by atomic mass is 32.2. The van der Waals surface area contributed by atoms with Crippen molar-refractivity contribution in [2.45, 2.75) is 124 Å². The van der Waals surface area contributed by atoms with Crippen molar-refractivity contribution < 1.29 is 70.3 Å². The fraction of sp³-hybridized carbons (Fsp3) is 0.587. The predicted octanol–water partition coefficient (Wildman–Crippen LogP) is 1.12. The maximum absolute atomic E-state index is 14.1. The Morgan fingerprint density at radius 2 is 1.62 bits per heavy atom. The molecule has 0 radical (unpaired) electrons. The van der Waals surface area contributed by atoms with Crippen molar-refractivity contribution in [2.24, 2.45) is 23.0 Å². The second-order valence-electron chi connectivity index (χ2n) is 17.5. The molecule has 71 heavy (non-hydrogen) atoms. The zero-order valence-electron chi connectivity index (χ0n) is 41.7. The number of primary amides is 1. The van der Waals surface area contributed by atoms with E-state index in [-0.39, 0.29) is 37.9 Å². The Kier molecular flexibility index (Phi) is 28.4. The quantitative estimate of drug-likeness (QED) is 0.0217. The highest BCUT2D eigenvalue weighted by molar-refractivity contribution is 7.84. The first-order valence-corrected chi connectivity index (χ1v) is 24.6. The number of rotatable bonds is 19. The van der Waals surface area contributed by atoms with Crippen molar-refractivity contribution in [1.82, 2.24) is 41.9 Å². The number of hydrogen-bond donors (Lipinski definition) is 10. The molecule has 1 heterocycles. The fourth-order valence-corrected chi connectivity index (χ4v) is 6.49. The summed E-state index contributed by atoms with van der Waals surface area (Å²) in [5.41, 5.74) is 3.31. The van der Waals surface area contributed by atoms with Gasteiger partial charge in [0.15, 0.2) is 0 Å². The summed E-state index contributed by atoms with van der Waals surface area (Å²) in [4.78, 5) is 118. The molecule has 0 fully saturated rings. The second kappa shape index (κ2) is 32.3. The minimum absolute atomic E-state index is 0.0736. The third-order valence-electron chi connectivity index (χ3n) is 10.3. The molecule has 0 unspecified atom stereocenters. The summed E-state index contributed by atoms with van der Waals surface area (Å²) in [7, 11) is -3.45. The van der Waals surface area contributed by atoms with Crippen LogP contribution in [-0.2, 0) is 58.1 Å². The number of nitrogens with one attached hydrogen (secondary N) is 8. The first kappa shape index (κ1) is 62.4. The van der Waals surface area contributed by atoms with Gasteiger partial charge in [0.2, 0.25) is 23.6 Å². The van der Waals surface area contributed by atoms with Gasteiger partial charge < -0.3 is 57.2 Å². The largest absolute Gasteiger partial charge is 0.460 e. The lowest BCUT2D eigenvalue weighted by molar-refractivity contribution is -0.175. The number of carbonyl (C=O) groups excluding carboxylic acids is 9. The van der Waals surface area contributed by atoms with Crippen molar-refractivity contribution in [3.63, 3.8) is 0 Å². The van der Waals surface area contributed by atoms with Gasteiger partial charge in [-0.1, -0.05) is 77.2 Å². The number of ether oxygens (including phenoxy) is 3. The molecule has 5 atom stereocenters. The summed E-state index contributed by atoms with van der Waals surface area (Å²) >= 11 is 0. The van der Waals surface area contributed by atoms with E-state index in [0.717, 1.165) is 18.9 Å². The van der Waals surface area contributed by atoms with E-state index < -0.39 is 125 Å². The third kappa shape index (κ3) is 26.8. The molecule has 1 aliphatic rings. The van der Waals surface area contributed by atoms with Gasteiger partial charge in [0, 0.05) is 32.7 Å². The molecule has 0 saturated heterocycles. The molecule has 24 nitrogen and oxygen atoms in total. The maximum Gasteiger partial charge on any atom is 0.361 e. The molecule has 1 aliphatic heterocycles. The van der Waals surface area contributed by atoms with Gasteiger partial charge in [0.05, 0.1) is 18.1 Å². The molecule has 0 aromatic heterocycles. The molecule has 9 amide bonds. The molecule has 25 heteroatoms. The van der Waals surface area contributed by atoms with Gasteiger partial charge in [-0.25, -0.2) is 14.3 Å². The SMILES string of the molecule is CC/C=C1/NC(=O)/C=C/[C@H](C(C)C)OC(=O)C(C)(C)[C@H](C[C@H](/C=C/C=C/C/C=C\CCC(C)C)OC)OC(=O)CNC(=O)[C@H](CNC(N)=O)NC(=O)CNC(=O)[C@@H](CCCNC(=O)NS(=O)(=O)O)NC1=O. The van der Waals surface area contributed by atoms with Gasteiger partial charge in [-0.15, -0.1) is 0 Å². The van der Waals surface area contributed by atoms with E-state index in [2.05, 4.69) is 63.2 Å². The summed E-state index contributed by atoms with van der Waals surface area (Å²) in [6, 6.07) is -5.42. The van der Waals surface area contributed by atoms with Gasteiger partial charge in [0.1, 0.15) is 36.5 Å². The van der Waals surface area contributed by atoms with Crippen molar-refractivity contribution in [3.05, 3.63) is 60.4 Å². The smallest absolute Gasteiger partial charge is 0.361 e. The highest BCUT2D eigenvalue weighted by Crippen LogP contribution is 2.31. The van der Waals surface area contributed by atoms with E-state index in [4.69, 9.17) is 24.5 Å². The molecule has 0 aromatic carbocycles. The van der Waals surface area contributed by atoms with E-state index in [9.17, 15) is 51.6 Å². The zero-order chi connectivity index (χ0) is 53.7. The van der Waals surface area contributed by atoms with Crippen molar-refractivity contribution >= 4 is 63.8 Å². The number of esters is 2. The van der Waals surface area contributed by atoms with E-state index in [1.54, 1.807) is 32.9 Å². The van der Waals surface area contributed by atoms with Gasteiger partial charge in [-0.2, -0.15) is 8.42 Å². The lowest BCUT2D eigenvalue weighted by Gasteiger charge is -2.34. The number of urea groups is 2. The van der Waals surface area contributed by atoms with Crippen LogP contribution in [0.2, 0.25) is 0 Å². The number of cyclic esters (lactones) is 2. The van der Waals surface area contributed by atoms with Crippen LogP contribution in [0.5, 0.6) is 0 Å². The average molecular weight is 1020 g/mol. The summed E-state index contributed by atoms with van der Waals surface area (Å²) in [6.07, 6.45) is 14.6. The number of allylic oxidation sites excluding steroid dienone is 6. The number of amides is 9. The Morgan fingerprint density at radius 1 is 0.944 bits per heavy atom. The van der Waals surface area contributed by atoms with E-state index in [0.29, 0.717) is 12.3 Å². The van der Waals surface area contributed by atoms with Crippen LogP contribution in [0.1, 0.15) is 93.4 Å². The van der Waals surface area contributed by atoms with Gasteiger partial charge in [-0.3, -0.25) is 38.1 Å². The van der Waals surface area contributed by atoms with E-state index in [1.807, 2.05) is 12.2 Å². The molecular weight excluding hydrogens is 951 g/mol. The van der Waals surface area contributed by atoms with Crippen LogP contribution >= 0.6 is 0 Å². The number of nitrogens with two attached hydrogens (primary N) is 1. The Labute approximate surface area is 415 Å². The van der Waals surface area contributed by atoms with Crippen molar-refractivity contribution in [3.8, 4) is 0 Å². The highest BCUT2D eigenvalue weighted by Gasteiger charge is 2.43. The van der Waals surface area contributed by atoms with Crippen LogP contribution in [-0.4, -0.2) is 130 Å².